The van der Waals surface area contributed by atoms with Gasteiger partial charge in [-0.2, -0.15) is 0 Å². The zero-order valence-electron chi connectivity index (χ0n) is 20.4. The molecular weight excluding hydrogens is 407 g/mol. The smallest absolute Gasteiger partial charge is 0.748 e. The molecule has 0 aromatic heterocycles. The molecule has 4 nitrogen and oxygen atoms in total. The second-order valence-electron chi connectivity index (χ2n) is 8.87. The van der Waals surface area contributed by atoms with E-state index in [1.807, 2.05) is 6.92 Å². The Bertz CT molecular complexity index is 442. The van der Waals surface area contributed by atoms with Gasteiger partial charge in [-0.1, -0.05) is 110 Å². The molecule has 176 valence electrons. The second kappa shape index (κ2) is 23.0. The number of aliphatic hydroxyl groups is 1. The Morgan fingerprint density at radius 2 is 0.967 bits per heavy atom. The van der Waals surface area contributed by atoms with Gasteiger partial charge in [-0.15, -0.1) is 0 Å². The summed E-state index contributed by atoms with van der Waals surface area (Å²) in [7, 11) is -4.21. The fourth-order valence-electron chi connectivity index (χ4n) is 3.99. The molecule has 0 aliphatic carbocycles. The first-order chi connectivity index (χ1) is 13.9. The summed E-state index contributed by atoms with van der Waals surface area (Å²) in [5, 5.41) is 9.32. The zero-order valence-corrected chi connectivity index (χ0v) is 23.2. The van der Waals surface area contributed by atoms with E-state index >= 15 is 0 Å². The summed E-state index contributed by atoms with van der Waals surface area (Å²) >= 11 is 0. The van der Waals surface area contributed by atoms with Gasteiger partial charge < -0.3 is 9.66 Å². The van der Waals surface area contributed by atoms with Crippen LogP contribution in [0.1, 0.15) is 142 Å². The molecule has 0 amide bonds. The van der Waals surface area contributed by atoms with Crippen molar-refractivity contribution < 1.29 is 47.6 Å². The average Bonchev–Trinajstić information content (AvgIpc) is 2.67. The van der Waals surface area contributed by atoms with Crippen LogP contribution in [0.15, 0.2) is 0 Å². The fraction of sp³-hybridized carbons (Fsp3) is 1.00. The SMILES string of the molecule is CCCCCCCCCCCCCCCC(O)CCCC(CCCC)S(=O)(=O)[O-].[Na+]. The van der Waals surface area contributed by atoms with Crippen molar-refractivity contribution >= 4 is 10.1 Å². The molecule has 1 N–H and O–H groups in total. The second-order valence-corrected chi connectivity index (χ2v) is 10.5. The maximum absolute atomic E-state index is 11.3. The monoisotopic (exact) mass is 456 g/mol. The molecule has 0 spiro atoms. The van der Waals surface area contributed by atoms with Crippen LogP contribution >= 0.6 is 0 Å². The predicted molar refractivity (Wildman–Crippen MR) is 123 cm³/mol. The topological polar surface area (TPSA) is 77.4 Å². The first kappa shape index (κ1) is 33.0. The maximum atomic E-state index is 11.3. The number of aliphatic hydroxyl groups excluding tert-OH is 1. The molecular formula is C24H49NaO4S. The van der Waals surface area contributed by atoms with Crippen LogP contribution in [0.5, 0.6) is 0 Å². The van der Waals surface area contributed by atoms with Crippen LogP contribution in [0.2, 0.25) is 0 Å². The molecule has 0 aliphatic rings. The van der Waals surface area contributed by atoms with E-state index in [-0.39, 0.29) is 35.7 Å². The maximum Gasteiger partial charge on any atom is 1.00 e. The molecule has 0 aromatic rings. The van der Waals surface area contributed by atoms with E-state index in [9.17, 15) is 18.1 Å². The largest absolute Gasteiger partial charge is 1.00 e. The van der Waals surface area contributed by atoms with Crippen molar-refractivity contribution in [1.82, 2.24) is 0 Å². The molecule has 30 heavy (non-hydrogen) atoms. The Kier molecular flexibility index (Phi) is 25.4. The molecule has 2 unspecified atom stereocenters. The summed E-state index contributed by atoms with van der Waals surface area (Å²) in [4.78, 5) is 0. The Balaban J connectivity index is 0. The van der Waals surface area contributed by atoms with E-state index in [0.717, 1.165) is 25.7 Å². The van der Waals surface area contributed by atoms with Crippen molar-refractivity contribution in [3.8, 4) is 0 Å². The van der Waals surface area contributed by atoms with Gasteiger partial charge in [0, 0.05) is 5.25 Å². The molecule has 0 aliphatic heterocycles. The third kappa shape index (κ3) is 22.1. The molecule has 0 saturated carbocycles. The van der Waals surface area contributed by atoms with Crippen molar-refractivity contribution in [3.63, 3.8) is 0 Å². The Morgan fingerprint density at radius 1 is 0.600 bits per heavy atom. The van der Waals surface area contributed by atoms with Gasteiger partial charge in [0.2, 0.25) is 0 Å². The van der Waals surface area contributed by atoms with Crippen LogP contribution in [0, 0.1) is 0 Å². The van der Waals surface area contributed by atoms with Gasteiger partial charge in [0.05, 0.1) is 16.2 Å². The summed E-state index contributed by atoms with van der Waals surface area (Å²) in [5.41, 5.74) is 0. The quantitative estimate of drug-likeness (QED) is 0.151. The average molecular weight is 457 g/mol. The number of unbranched alkanes of at least 4 members (excludes halogenated alkanes) is 13. The van der Waals surface area contributed by atoms with Crippen molar-refractivity contribution in [3.05, 3.63) is 0 Å². The molecule has 2 atom stereocenters. The third-order valence-electron chi connectivity index (χ3n) is 5.99. The summed E-state index contributed by atoms with van der Waals surface area (Å²) in [6.45, 7) is 4.25. The fourth-order valence-corrected chi connectivity index (χ4v) is 4.90. The third-order valence-corrected chi connectivity index (χ3v) is 7.28. The first-order valence-corrected chi connectivity index (χ1v) is 14.0. The van der Waals surface area contributed by atoms with Crippen LogP contribution in [-0.2, 0) is 10.1 Å². The molecule has 0 saturated heterocycles. The van der Waals surface area contributed by atoms with Crippen molar-refractivity contribution in [2.45, 2.75) is 154 Å². The van der Waals surface area contributed by atoms with Gasteiger partial charge in [0.1, 0.15) is 0 Å². The Morgan fingerprint density at radius 3 is 1.40 bits per heavy atom. The van der Waals surface area contributed by atoms with Gasteiger partial charge in [0.15, 0.2) is 0 Å². The minimum atomic E-state index is -4.21. The number of rotatable bonds is 22. The summed E-state index contributed by atoms with van der Waals surface area (Å²) < 4.78 is 33.9. The molecule has 0 heterocycles. The van der Waals surface area contributed by atoms with E-state index < -0.39 is 15.4 Å². The van der Waals surface area contributed by atoms with E-state index in [1.165, 1.54) is 77.0 Å². The Labute approximate surface area is 210 Å². The van der Waals surface area contributed by atoms with Crippen molar-refractivity contribution in [2.24, 2.45) is 0 Å². The van der Waals surface area contributed by atoms with Gasteiger partial charge in [-0.05, 0) is 32.1 Å². The molecule has 0 fully saturated rings. The van der Waals surface area contributed by atoms with Crippen LogP contribution < -0.4 is 29.6 Å². The van der Waals surface area contributed by atoms with Crippen molar-refractivity contribution in [2.75, 3.05) is 0 Å². The van der Waals surface area contributed by atoms with E-state index in [1.54, 1.807) is 0 Å². The number of hydrogen-bond donors (Lipinski definition) is 1. The predicted octanol–water partition coefficient (Wildman–Crippen LogP) is 4.11. The van der Waals surface area contributed by atoms with Gasteiger partial charge in [-0.25, -0.2) is 8.42 Å². The van der Waals surface area contributed by atoms with E-state index in [4.69, 9.17) is 0 Å². The molecule has 0 aromatic carbocycles. The van der Waals surface area contributed by atoms with Crippen LogP contribution in [-0.4, -0.2) is 29.4 Å². The normalized spacial score (nSPS) is 13.7. The molecule has 0 bridgehead atoms. The van der Waals surface area contributed by atoms with E-state index in [0.29, 0.717) is 25.7 Å². The summed E-state index contributed by atoms with van der Waals surface area (Å²) in [5.74, 6) is 0. The minimum absolute atomic E-state index is 0. The van der Waals surface area contributed by atoms with E-state index in [2.05, 4.69) is 6.92 Å². The minimum Gasteiger partial charge on any atom is -0.748 e. The van der Waals surface area contributed by atoms with Crippen LogP contribution in [0.3, 0.4) is 0 Å². The number of hydrogen-bond acceptors (Lipinski definition) is 4. The van der Waals surface area contributed by atoms with Crippen molar-refractivity contribution in [1.29, 1.82) is 0 Å². The molecule has 0 radical (unpaired) electrons. The summed E-state index contributed by atoms with van der Waals surface area (Å²) in [6.07, 6.45) is 21.3. The first-order valence-electron chi connectivity index (χ1n) is 12.5. The van der Waals surface area contributed by atoms with Gasteiger partial charge in [0.25, 0.3) is 0 Å². The Hall–Kier alpha value is 0.870. The standard InChI is InChI=1S/C24H50O4S.Na/c1-3-5-7-8-9-10-11-12-13-14-15-16-17-19-23(25)20-18-22-24(21-6-4-2)29(26,27)28;/h23-25H,3-22H2,1-2H3,(H,26,27,28);/q;+1/p-1. The molecule has 0 rings (SSSR count). The van der Waals surface area contributed by atoms with Gasteiger partial charge in [-0.3, -0.25) is 0 Å². The van der Waals surface area contributed by atoms with Gasteiger partial charge >= 0.3 is 29.6 Å². The van der Waals surface area contributed by atoms with Crippen LogP contribution in [0.4, 0.5) is 0 Å². The van der Waals surface area contributed by atoms with Crippen LogP contribution in [0.25, 0.3) is 0 Å². The zero-order chi connectivity index (χ0) is 21.8. The molecule has 6 heteroatoms. The summed E-state index contributed by atoms with van der Waals surface area (Å²) in [6, 6.07) is 0.